The van der Waals surface area contributed by atoms with Crippen molar-refractivity contribution < 1.29 is 28.5 Å². The van der Waals surface area contributed by atoms with Gasteiger partial charge in [-0.2, -0.15) is 0 Å². The van der Waals surface area contributed by atoms with E-state index in [9.17, 15) is 4.79 Å². The summed E-state index contributed by atoms with van der Waals surface area (Å²) in [5.41, 5.74) is 3.12. The van der Waals surface area contributed by atoms with E-state index in [1.807, 2.05) is 18.2 Å². The molecule has 0 bridgehead atoms. The highest BCUT2D eigenvalue weighted by Crippen LogP contribution is 2.34. The van der Waals surface area contributed by atoms with Gasteiger partial charge < -0.3 is 33.9 Å². The van der Waals surface area contributed by atoms with Gasteiger partial charge in [-0.1, -0.05) is 37.5 Å². The zero-order valence-corrected chi connectivity index (χ0v) is 24.5. The molecule has 2 aliphatic heterocycles. The van der Waals surface area contributed by atoms with Crippen LogP contribution in [0.3, 0.4) is 0 Å². The van der Waals surface area contributed by atoms with Crippen LogP contribution in [0.4, 0.5) is 5.69 Å². The lowest BCUT2D eigenvalue weighted by Gasteiger charge is -2.33. The first-order valence-electron chi connectivity index (χ1n) is 15.4. The summed E-state index contributed by atoms with van der Waals surface area (Å²) >= 11 is 0. The van der Waals surface area contributed by atoms with Crippen molar-refractivity contribution in [2.45, 2.75) is 76.1 Å². The van der Waals surface area contributed by atoms with Crippen molar-refractivity contribution in [2.75, 3.05) is 58.1 Å². The minimum absolute atomic E-state index is 0.0246. The molecule has 2 aromatic rings. The van der Waals surface area contributed by atoms with Gasteiger partial charge in [0.25, 0.3) is 5.91 Å². The Morgan fingerprint density at radius 1 is 0.951 bits per heavy atom. The van der Waals surface area contributed by atoms with Gasteiger partial charge in [0.15, 0.2) is 6.61 Å². The molecule has 0 aromatic heterocycles. The van der Waals surface area contributed by atoms with Crippen LogP contribution in [0.5, 0.6) is 11.5 Å². The minimum Gasteiger partial charge on any atom is -0.494 e. The number of piperidine rings is 1. The number of nitrogens with zero attached hydrogens (tertiary/aromatic N) is 1. The predicted octanol–water partition coefficient (Wildman–Crippen LogP) is 5.23. The lowest BCUT2D eigenvalue weighted by Crippen LogP contribution is -2.41. The molecule has 8 heteroatoms. The molecule has 0 spiro atoms. The molecule has 0 radical (unpaired) electrons. The van der Waals surface area contributed by atoms with Crippen molar-refractivity contribution in [3.63, 3.8) is 0 Å². The van der Waals surface area contributed by atoms with Crippen LogP contribution >= 0.6 is 0 Å². The summed E-state index contributed by atoms with van der Waals surface area (Å²) in [4.78, 5) is 14.4. The van der Waals surface area contributed by atoms with E-state index < -0.39 is 0 Å². The molecule has 1 saturated heterocycles. The average molecular weight is 567 g/mol. The van der Waals surface area contributed by atoms with E-state index in [4.69, 9.17) is 23.7 Å². The number of benzene rings is 2. The van der Waals surface area contributed by atoms with Crippen molar-refractivity contribution in [3.8, 4) is 11.5 Å². The molecule has 5 rings (SSSR count). The van der Waals surface area contributed by atoms with Crippen molar-refractivity contribution in [3.05, 3.63) is 53.6 Å². The third kappa shape index (κ3) is 8.44. The molecule has 224 valence electrons. The number of anilines is 1. The second-order valence-electron chi connectivity index (χ2n) is 11.3. The van der Waals surface area contributed by atoms with Gasteiger partial charge in [0.05, 0.1) is 37.7 Å². The molecular formula is C33H46N2O6. The monoisotopic (exact) mass is 566 g/mol. The zero-order chi connectivity index (χ0) is 28.3. The van der Waals surface area contributed by atoms with Crippen LogP contribution in [-0.4, -0.2) is 71.3 Å². The molecule has 2 fully saturated rings. The van der Waals surface area contributed by atoms with E-state index in [1.54, 1.807) is 12.0 Å². The molecule has 2 atom stereocenters. The van der Waals surface area contributed by atoms with Crippen molar-refractivity contribution >= 4 is 11.6 Å². The number of methoxy groups -OCH3 is 1. The topological polar surface area (TPSA) is 78.5 Å². The second kappa shape index (κ2) is 15.5. The molecule has 1 amide bonds. The molecule has 2 unspecified atom stereocenters. The van der Waals surface area contributed by atoms with Crippen LogP contribution in [0.15, 0.2) is 42.5 Å². The molecule has 3 aliphatic rings. The maximum Gasteiger partial charge on any atom is 0.265 e. The van der Waals surface area contributed by atoms with E-state index in [-0.39, 0.29) is 18.6 Å². The van der Waals surface area contributed by atoms with Crippen LogP contribution in [0.25, 0.3) is 0 Å². The number of carbonyl (C=O) groups excluding carboxylic acids is 1. The number of nitrogens with one attached hydrogen (secondary N) is 1. The highest BCUT2D eigenvalue weighted by atomic mass is 16.5. The highest BCUT2D eigenvalue weighted by Gasteiger charge is 2.28. The van der Waals surface area contributed by atoms with Gasteiger partial charge in [-0.05, 0) is 67.6 Å². The largest absolute Gasteiger partial charge is 0.494 e. The van der Waals surface area contributed by atoms with Gasteiger partial charge >= 0.3 is 0 Å². The zero-order valence-electron chi connectivity index (χ0n) is 24.5. The Morgan fingerprint density at radius 2 is 1.80 bits per heavy atom. The molecule has 1 aliphatic carbocycles. The minimum atomic E-state index is -0.0246. The first-order chi connectivity index (χ1) is 20.2. The van der Waals surface area contributed by atoms with E-state index >= 15 is 0 Å². The summed E-state index contributed by atoms with van der Waals surface area (Å²) in [7, 11) is 1.68. The maximum atomic E-state index is 12.5. The number of rotatable bonds is 14. The third-order valence-corrected chi connectivity index (χ3v) is 8.36. The Hall–Kier alpha value is -2.65. The number of hydrogen-bond donors (Lipinski definition) is 1. The summed E-state index contributed by atoms with van der Waals surface area (Å²) in [5.74, 6) is 1.92. The van der Waals surface area contributed by atoms with Crippen LogP contribution in [0.1, 0.15) is 68.4 Å². The lowest BCUT2D eigenvalue weighted by atomic mass is 9.87. The van der Waals surface area contributed by atoms with Crippen LogP contribution in [-0.2, 0) is 25.6 Å². The van der Waals surface area contributed by atoms with Crippen LogP contribution in [0.2, 0.25) is 0 Å². The second-order valence-corrected chi connectivity index (χ2v) is 11.3. The fourth-order valence-corrected chi connectivity index (χ4v) is 6.08. The lowest BCUT2D eigenvalue weighted by molar-refractivity contribution is -0.121. The summed E-state index contributed by atoms with van der Waals surface area (Å²) in [5, 5.41) is 3.49. The molecule has 8 nitrogen and oxygen atoms in total. The van der Waals surface area contributed by atoms with Gasteiger partial charge in [-0.15, -0.1) is 0 Å². The number of carbonyl (C=O) groups is 1. The Bertz CT molecular complexity index is 1090. The summed E-state index contributed by atoms with van der Waals surface area (Å²) in [6.45, 7) is 4.99. The first-order valence-corrected chi connectivity index (χ1v) is 15.4. The summed E-state index contributed by atoms with van der Waals surface area (Å²) in [6, 6.07) is 14.5. The van der Waals surface area contributed by atoms with Crippen molar-refractivity contribution in [1.29, 1.82) is 0 Å². The highest BCUT2D eigenvalue weighted by molar-refractivity contribution is 5.97. The van der Waals surface area contributed by atoms with Crippen molar-refractivity contribution in [2.24, 2.45) is 0 Å². The standard InChI is InChI=1S/C33H46N2O6/c1-37-18-5-17-35-30-21-25(9-14-31(30)41-24-33(35)36)23-40-32-22-34-16-15-29(32)26-10-12-28(13-11-26)39-20-6-19-38-27-7-3-2-4-8-27/h9-14,21,27,29,32,34H,2-8,15-20,22-24H2,1H3. The number of hydrogen-bond acceptors (Lipinski definition) is 7. The molecule has 1 N–H and O–H groups in total. The summed E-state index contributed by atoms with van der Waals surface area (Å²) in [6.07, 6.45) is 9.59. The van der Waals surface area contributed by atoms with Gasteiger partial charge in [-0.25, -0.2) is 0 Å². The van der Waals surface area contributed by atoms with Gasteiger partial charge in [0.1, 0.15) is 11.5 Å². The quantitative estimate of drug-likeness (QED) is 0.314. The van der Waals surface area contributed by atoms with Crippen LogP contribution < -0.4 is 19.7 Å². The number of amides is 1. The number of ether oxygens (including phenoxy) is 5. The van der Waals surface area contributed by atoms with E-state index in [0.717, 1.165) is 61.7 Å². The molecule has 2 heterocycles. The Morgan fingerprint density at radius 3 is 2.63 bits per heavy atom. The smallest absolute Gasteiger partial charge is 0.265 e. The molecule has 1 saturated carbocycles. The Balaban J connectivity index is 1.12. The predicted molar refractivity (Wildman–Crippen MR) is 159 cm³/mol. The van der Waals surface area contributed by atoms with E-state index in [1.165, 1.54) is 37.7 Å². The van der Waals surface area contributed by atoms with Gasteiger partial charge in [0.2, 0.25) is 0 Å². The maximum absolute atomic E-state index is 12.5. The number of fused-ring (bicyclic) bond motifs is 1. The normalized spacial score (nSPS) is 21.4. The fourth-order valence-electron chi connectivity index (χ4n) is 6.08. The molecular weight excluding hydrogens is 520 g/mol. The average Bonchev–Trinajstić information content (AvgIpc) is 3.02. The van der Waals surface area contributed by atoms with E-state index in [2.05, 4.69) is 29.6 Å². The van der Waals surface area contributed by atoms with E-state index in [0.29, 0.717) is 38.4 Å². The van der Waals surface area contributed by atoms with Gasteiger partial charge in [-0.3, -0.25) is 4.79 Å². The fraction of sp³-hybridized carbons (Fsp3) is 0.606. The van der Waals surface area contributed by atoms with Crippen molar-refractivity contribution in [1.82, 2.24) is 5.32 Å². The first kappa shape index (κ1) is 29.8. The van der Waals surface area contributed by atoms with Gasteiger partial charge in [0, 0.05) is 39.1 Å². The third-order valence-electron chi connectivity index (χ3n) is 8.36. The van der Waals surface area contributed by atoms with Crippen LogP contribution in [0, 0.1) is 0 Å². The Labute approximate surface area is 244 Å². The molecule has 2 aromatic carbocycles. The Kier molecular flexibility index (Phi) is 11.3. The SMILES string of the molecule is COCCCN1C(=O)COc2ccc(COC3CNCCC3c3ccc(OCCCOC4CCCCC4)cc3)cc21. The molecule has 41 heavy (non-hydrogen) atoms. The summed E-state index contributed by atoms with van der Waals surface area (Å²) < 4.78 is 29.4.